The molecule has 2 aliphatic heterocycles. The summed E-state index contributed by atoms with van der Waals surface area (Å²) in [6.45, 7) is 0.279. The van der Waals surface area contributed by atoms with Crippen molar-refractivity contribution in [1.29, 1.82) is 0 Å². The van der Waals surface area contributed by atoms with E-state index >= 15 is 0 Å². The van der Waals surface area contributed by atoms with E-state index in [4.69, 9.17) is 16.3 Å². The Bertz CT molecular complexity index is 1210. The van der Waals surface area contributed by atoms with Gasteiger partial charge in [-0.05, 0) is 5.57 Å². The lowest BCUT2D eigenvalue weighted by molar-refractivity contribution is -0.150. The van der Waals surface area contributed by atoms with Crippen molar-refractivity contribution in [1.82, 2.24) is 25.4 Å². The Kier molecular flexibility index (Phi) is 10.8. The van der Waals surface area contributed by atoms with Crippen LogP contribution < -0.4 is 16.8 Å². The molecule has 4 heterocycles. The lowest BCUT2D eigenvalue weighted by Crippen LogP contribution is -2.71. The third kappa shape index (κ3) is 6.04. The predicted molar refractivity (Wildman–Crippen MR) is 143 cm³/mol. The van der Waals surface area contributed by atoms with Crippen LogP contribution in [0.3, 0.4) is 0 Å². The van der Waals surface area contributed by atoms with E-state index in [1.165, 1.54) is 46.9 Å². The fourth-order valence-electron chi connectivity index (χ4n) is 3.22. The number of rotatable bonds is 9. The van der Waals surface area contributed by atoms with Crippen LogP contribution in [-0.2, 0) is 25.8 Å². The van der Waals surface area contributed by atoms with E-state index in [0.29, 0.717) is 26.4 Å². The number of nitrogens with one attached hydrogen (secondary N) is 1. The molecule has 0 spiro atoms. The van der Waals surface area contributed by atoms with Gasteiger partial charge in [0.25, 0.3) is 11.8 Å². The Morgan fingerprint density at radius 3 is 2.72 bits per heavy atom. The molecule has 2 aromatic rings. The number of aliphatic carboxylic acids is 1. The summed E-state index contributed by atoms with van der Waals surface area (Å²) in [5.41, 5.74) is 11.8. The average Bonchev–Trinajstić information content (AvgIpc) is 3.47. The van der Waals surface area contributed by atoms with Gasteiger partial charge in [0.05, 0.1) is 0 Å². The zero-order chi connectivity index (χ0) is 24.4. The van der Waals surface area contributed by atoms with E-state index < -0.39 is 29.2 Å². The van der Waals surface area contributed by atoms with E-state index in [1.54, 1.807) is 5.38 Å². The van der Waals surface area contributed by atoms with E-state index in [9.17, 15) is 19.5 Å². The molecule has 1 saturated heterocycles. The summed E-state index contributed by atoms with van der Waals surface area (Å²) in [6, 6.07) is -0.922. The molecule has 13 nitrogen and oxygen atoms in total. The molecule has 2 aliphatic rings. The number of nitrogens with zero attached hydrogens (tertiary/aromatic N) is 5. The summed E-state index contributed by atoms with van der Waals surface area (Å²) in [4.78, 5) is 47.7. The Balaban J connectivity index is 0.00000228. The molecule has 4 rings (SSSR count). The first-order valence-corrected chi connectivity index (χ1v) is 13.3. The summed E-state index contributed by atoms with van der Waals surface area (Å²) < 4.78 is 0.664. The number of thiazole rings is 1. The van der Waals surface area contributed by atoms with Crippen LogP contribution in [0.2, 0.25) is 0 Å². The third-order valence-corrected chi connectivity index (χ3v) is 8.87. The summed E-state index contributed by atoms with van der Waals surface area (Å²) in [5, 5.41) is 26.0. The van der Waals surface area contributed by atoms with Crippen molar-refractivity contribution in [2.24, 2.45) is 10.9 Å². The number of nitrogens with two attached hydrogens (primary N) is 2. The van der Waals surface area contributed by atoms with Crippen molar-refractivity contribution in [2.45, 2.75) is 22.3 Å². The number of aromatic nitrogens is 3. The second-order valence-electron chi connectivity index (χ2n) is 6.77. The fraction of sp³-hybridized carbons (Fsp3) is 0.353. The number of amides is 2. The van der Waals surface area contributed by atoms with E-state index in [1.807, 2.05) is 0 Å². The Hall–Kier alpha value is -2.15. The highest BCUT2D eigenvalue weighted by atomic mass is 35.5. The number of carboxylic acid groups (broad SMARTS) is 1. The van der Waals surface area contributed by atoms with E-state index in [0.717, 1.165) is 11.3 Å². The number of carbonyl (C=O) groups excluding carboxylic acids is 2. The lowest BCUT2D eigenvalue weighted by atomic mass is 10.0. The number of halogens is 2. The number of fused-ring (bicyclic) bond motifs is 1. The first kappa shape index (κ1) is 30.1. The fourth-order valence-corrected chi connectivity index (χ4v) is 7.03. The SMILES string of the molecule is CON=C(C(=O)NC1C(=O)N2C(C(=O)O)=C(CSc3nnc(CN)s3)CS[C@@H]12)c1csc(N)n1.Cl.Cl. The van der Waals surface area contributed by atoms with Gasteiger partial charge in [0, 0.05) is 23.4 Å². The molecule has 19 heteroatoms. The largest absolute Gasteiger partial charge is 0.477 e. The van der Waals surface area contributed by atoms with Gasteiger partial charge in [-0.3, -0.25) is 14.5 Å². The monoisotopic (exact) mass is 614 g/mol. The molecule has 196 valence electrons. The van der Waals surface area contributed by atoms with Gasteiger partial charge in [0.2, 0.25) is 0 Å². The maximum absolute atomic E-state index is 12.9. The third-order valence-electron chi connectivity index (χ3n) is 4.69. The molecule has 2 amide bonds. The molecule has 2 aromatic heterocycles. The first-order chi connectivity index (χ1) is 16.3. The van der Waals surface area contributed by atoms with Crippen LogP contribution in [0.15, 0.2) is 26.1 Å². The van der Waals surface area contributed by atoms with Gasteiger partial charge in [-0.25, -0.2) is 9.78 Å². The molecule has 1 fully saturated rings. The molecule has 0 aliphatic carbocycles. The smallest absolute Gasteiger partial charge is 0.352 e. The van der Waals surface area contributed by atoms with Gasteiger partial charge in [-0.15, -0.1) is 58.1 Å². The van der Waals surface area contributed by atoms with Crippen LogP contribution in [0.5, 0.6) is 0 Å². The highest BCUT2D eigenvalue weighted by molar-refractivity contribution is 8.01. The van der Waals surface area contributed by atoms with Gasteiger partial charge in [-0.1, -0.05) is 28.3 Å². The molecule has 36 heavy (non-hydrogen) atoms. The van der Waals surface area contributed by atoms with Crippen LogP contribution in [-0.4, -0.2) is 78.7 Å². The molecule has 2 atom stereocenters. The number of carboxylic acids is 1. The van der Waals surface area contributed by atoms with Crippen LogP contribution in [0.4, 0.5) is 5.13 Å². The molecular weight excluding hydrogens is 595 g/mol. The number of nitrogen functional groups attached to an aromatic ring is 1. The number of thioether (sulfide) groups is 2. The Morgan fingerprint density at radius 1 is 1.39 bits per heavy atom. The molecule has 6 N–H and O–H groups in total. The average molecular weight is 616 g/mol. The summed E-state index contributed by atoms with van der Waals surface area (Å²) >= 11 is 5.16. The van der Waals surface area contributed by atoms with E-state index in [-0.39, 0.29) is 53.6 Å². The second-order valence-corrected chi connectivity index (χ2v) is 11.0. The maximum atomic E-state index is 12.9. The Labute approximate surface area is 233 Å². The topological polar surface area (TPSA) is 199 Å². The number of hydrogen-bond donors (Lipinski definition) is 4. The maximum Gasteiger partial charge on any atom is 0.352 e. The second kappa shape index (κ2) is 12.9. The minimum absolute atomic E-state index is 0. The highest BCUT2D eigenvalue weighted by Gasteiger charge is 2.54. The van der Waals surface area contributed by atoms with Crippen LogP contribution in [0.25, 0.3) is 0 Å². The molecule has 0 saturated carbocycles. The normalized spacial score (nSPS) is 19.0. The summed E-state index contributed by atoms with van der Waals surface area (Å²) in [6.07, 6.45) is 0. The van der Waals surface area contributed by atoms with Gasteiger partial charge in [0.15, 0.2) is 15.2 Å². The van der Waals surface area contributed by atoms with Crippen molar-refractivity contribution in [2.75, 3.05) is 24.3 Å². The zero-order valence-corrected chi connectivity index (χ0v) is 23.2. The van der Waals surface area contributed by atoms with Crippen molar-refractivity contribution in [3.8, 4) is 0 Å². The van der Waals surface area contributed by atoms with E-state index in [2.05, 4.69) is 25.7 Å². The number of anilines is 1. The lowest BCUT2D eigenvalue weighted by Gasteiger charge is -2.49. The predicted octanol–water partition coefficient (Wildman–Crippen LogP) is 0.760. The molecule has 0 bridgehead atoms. The van der Waals surface area contributed by atoms with Crippen LogP contribution >= 0.6 is 71.0 Å². The standard InChI is InChI=1S/C17H18N8O5S4.2ClH/c1-30-24-9(7-5-32-16(19)20-7)12(26)21-10-13(27)25-11(15(28)29)6(3-31-14(10)25)4-33-17-23-22-8(2-18)34-17;;/h5,10,14H,2-4,18H2,1H3,(H2,19,20)(H,21,26)(H,28,29);2*1H/t10?,14-;;/m0../s1. The number of β-lactam (4-membered cyclic amide) rings is 1. The van der Waals surface area contributed by atoms with Gasteiger partial charge >= 0.3 is 5.97 Å². The minimum atomic E-state index is -1.21. The quantitative estimate of drug-likeness (QED) is 0.134. The zero-order valence-electron chi connectivity index (χ0n) is 18.3. The minimum Gasteiger partial charge on any atom is -0.477 e. The first-order valence-electron chi connectivity index (χ1n) is 9.52. The summed E-state index contributed by atoms with van der Waals surface area (Å²) in [5.74, 6) is -1.71. The number of hydrogen-bond acceptors (Lipinski definition) is 14. The summed E-state index contributed by atoms with van der Waals surface area (Å²) in [7, 11) is 1.28. The van der Waals surface area contributed by atoms with Crippen molar-refractivity contribution in [3.63, 3.8) is 0 Å². The van der Waals surface area contributed by atoms with Gasteiger partial charge < -0.3 is 26.7 Å². The van der Waals surface area contributed by atoms with Gasteiger partial charge in [-0.2, -0.15) is 0 Å². The van der Waals surface area contributed by atoms with Crippen LogP contribution in [0.1, 0.15) is 10.7 Å². The van der Waals surface area contributed by atoms with Crippen LogP contribution in [0, 0.1) is 0 Å². The van der Waals surface area contributed by atoms with Crippen molar-refractivity contribution >= 4 is 99.6 Å². The number of carbonyl (C=O) groups is 3. The highest BCUT2D eigenvalue weighted by Crippen LogP contribution is 2.41. The Morgan fingerprint density at radius 2 is 2.14 bits per heavy atom. The van der Waals surface area contributed by atoms with Crippen molar-refractivity contribution in [3.05, 3.63) is 27.4 Å². The molecule has 0 aromatic carbocycles. The molecule has 0 radical (unpaired) electrons. The number of oxime groups is 1. The van der Waals surface area contributed by atoms with Crippen molar-refractivity contribution < 1.29 is 24.3 Å². The van der Waals surface area contributed by atoms with Gasteiger partial charge in [0.1, 0.15) is 34.9 Å². The molecular formula is C17H20Cl2N8O5S4. The molecule has 1 unspecified atom stereocenters.